The molecular formula is C31H42N8O6S3. The number of sulfone groups is 1. The molecule has 0 saturated carbocycles. The van der Waals surface area contributed by atoms with Crippen molar-refractivity contribution in [1.29, 1.82) is 0 Å². The number of anilines is 1. The van der Waals surface area contributed by atoms with Gasteiger partial charge in [-0.25, -0.2) is 21.6 Å². The zero-order valence-corrected chi connectivity index (χ0v) is 29.5. The average Bonchev–Trinajstić information content (AvgIpc) is 3.76. The van der Waals surface area contributed by atoms with E-state index in [2.05, 4.69) is 32.8 Å². The highest BCUT2D eigenvalue weighted by atomic mass is 32.2. The monoisotopic (exact) mass is 718 g/mol. The first kappa shape index (κ1) is 35.6. The molecule has 0 unspecified atom stereocenters. The number of nitrogens with one attached hydrogen (secondary N) is 3. The topological polar surface area (TPSA) is 176 Å². The molecule has 3 amide bonds. The molecule has 3 N–H and O–H groups in total. The van der Waals surface area contributed by atoms with Crippen molar-refractivity contribution in [3.8, 4) is 0 Å². The van der Waals surface area contributed by atoms with Gasteiger partial charge < -0.3 is 20.9 Å². The molecule has 0 bridgehead atoms. The summed E-state index contributed by atoms with van der Waals surface area (Å²) in [6.07, 6.45) is 4.55. The van der Waals surface area contributed by atoms with E-state index in [-0.39, 0.29) is 42.0 Å². The number of hydrogen-bond acceptors (Lipinski definition) is 10. The lowest BCUT2D eigenvalue weighted by atomic mass is 10.0. The van der Waals surface area contributed by atoms with Crippen molar-refractivity contribution < 1.29 is 26.4 Å². The molecule has 2 aromatic carbocycles. The van der Waals surface area contributed by atoms with Gasteiger partial charge in [-0.15, -0.1) is 5.10 Å². The summed E-state index contributed by atoms with van der Waals surface area (Å²) in [7, 11) is -4.12. The van der Waals surface area contributed by atoms with Gasteiger partial charge in [-0.1, -0.05) is 42.5 Å². The quantitative estimate of drug-likeness (QED) is 0.139. The highest BCUT2D eigenvalue weighted by molar-refractivity contribution is 8.00. The maximum Gasteiger partial charge on any atom is 0.315 e. The van der Waals surface area contributed by atoms with E-state index in [1.54, 1.807) is 24.4 Å². The highest BCUT2D eigenvalue weighted by Crippen LogP contribution is 2.34. The van der Waals surface area contributed by atoms with Gasteiger partial charge in [-0.3, -0.25) is 9.48 Å². The summed E-state index contributed by atoms with van der Waals surface area (Å²) in [4.78, 5) is 25.9. The summed E-state index contributed by atoms with van der Waals surface area (Å²) in [5.74, 6) is 0.389. The van der Waals surface area contributed by atoms with Crippen LogP contribution in [-0.2, 0) is 37.7 Å². The van der Waals surface area contributed by atoms with E-state index < -0.39 is 25.6 Å². The third kappa shape index (κ3) is 8.48. The van der Waals surface area contributed by atoms with Crippen molar-refractivity contribution in [2.45, 2.75) is 61.0 Å². The van der Waals surface area contributed by atoms with Crippen molar-refractivity contribution in [3.05, 3.63) is 60.3 Å². The Hall–Kier alpha value is -3.67. The van der Waals surface area contributed by atoms with E-state index in [4.69, 9.17) is 0 Å². The second-order valence-electron chi connectivity index (χ2n) is 12.1. The summed E-state index contributed by atoms with van der Waals surface area (Å²) >= 11 is 1.86. The molecule has 0 radical (unpaired) electrons. The molecule has 5 rings (SSSR count). The molecule has 2 fully saturated rings. The Morgan fingerprint density at radius 2 is 1.90 bits per heavy atom. The molecule has 3 aromatic rings. The largest absolute Gasteiger partial charge is 0.377 e. The Bertz CT molecular complexity index is 1860. The van der Waals surface area contributed by atoms with Gasteiger partial charge in [-0.2, -0.15) is 16.1 Å². The number of thioether (sulfide) groups is 1. The second-order valence-corrected chi connectivity index (χ2v) is 17.3. The summed E-state index contributed by atoms with van der Waals surface area (Å²) in [5.41, 5.74) is 1.18. The van der Waals surface area contributed by atoms with Gasteiger partial charge in [0.1, 0.15) is 0 Å². The Morgan fingerprint density at radius 3 is 2.67 bits per heavy atom. The van der Waals surface area contributed by atoms with Crippen molar-refractivity contribution >= 4 is 60.0 Å². The van der Waals surface area contributed by atoms with Crippen LogP contribution < -0.4 is 20.9 Å². The number of nitrogens with zero attached hydrogens (tertiary/aromatic N) is 5. The summed E-state index contributed by atoms with van der Waals surface area (Å²) < 4.78 is 55.4. The van der Waals surface area contributed by atoms with Crippen LogP contribution in [0.2, 0.25) is 0 Å². The minimum atomic E-state index is -4.18. The normalized spacial score (nSPS) is 19.2. The number of fused-ring (bicyclic) bond motifs is 2. The molecule has 14 nitrogen and oxygen atoms in total. The molecular weight excluding hydrogens is 677 g/mol. The number of benzene rings is 2. The lowest BCUT2D eigenvalue weighted by molar-refractivity contribution is -0.121. The van der Waals surface area contributed by atoms with E-state index in [9.17, 15) is 26.4 Å². The number of carbonyl (C=O) groups is 2. The minimum absolute atomic E-state index is 0.0586. The molecule has 17 heteroatoms. The number of sulfonamides is 1. The fourth-order valence-electron chi connectivity index (χ4n) is 5.99. The standard InChI is InChI=1S/C31H42N8O6S3/c1-4-47(42,43)18-17-39(48(44,45)28-13-8-9-23-24(28)10-7-11-26(23)37(2)3)20-22-19-38(36-35-22)16-15-32-29(40)14-6-5-12-27-30-25(21-46-27)33-31(41)34-30/h4,7-11,13,19,25,27,30H,1,5-6,12,14-18,20-21H2,2-3H3,(H,32,40)(H2,33,34,41)/t25-,27-,30-/m0/s1. The maximum atomic E-state index is 14.1. The van der Waals surface area contributed by atoms with Gasteiger partial charge in [0.15, 0.2) is 9.84 Å². The van der Waals surface area contributed by atoms with E-state index >= 15 is 0 Å². The van der Waals surface area contributed by atoms with Crippen LogP contribution in [-0.4, -0.2) is 104 Å². The van der Waals surface area contributed by atoms with Crippen LogP contribution >= 0.6 is 11.8 Å². The SMILES string of the molecule is C=CS(=O)(=O)CCN(Cc1cn(CCNC(=O)CCCC[C@@H]2SC[C@@H]3NC(=O)N[C@@H]32)nn1)S(=O)(=O)c1cccc2c(N(C)C)cccc12. The molecule has 0 aliphatic carbocycles. The molecule has 3 atom stereocenters. The first-order chi connectivity index (χ1) is 22.9. The molecule has 48 heavy (non-hydrogen) atoms. The molecule has 2 aliphatic rings. The van der Waals surface area contributed by atoms with Gasteiger partial charge >= 0.3 is 6.03 Å². The molecule has 2 aliphatic heterocycles. The smallest absolute Gasteiger partial charge is 0.315 e. The Kier molecular flexibility index (Phi) is 11.3. The molecule has 2 saturated heterocycles. The van der Waals surface area contributed by atoms with Crippen LogP contribution in [0.4, 0.5) is 10.5 Å². The molecule has 3 heterocycles. The van der Waals surface area contributed by atoms with Crippen molar-refractivity contribution in [3.63, 3.8) is 0 Å². The second kappa shape index (κ2) is 15.3. The fourth-order valence-corrected chi connectivity index (χ4v) is 9.91. The number of rotatable bonds is 17. The maximum absolute atomic E-state index is 14.1. The van der Waals surface area contributed by atoms with Crippen molar-refractivity contribution in [1.82, 2.24) is 35.2 Å². The van der Waals surface area contributed by atoms with Crippen LogP contribution in [0.3, 0.4) is 0 Å². The van der Waals surface area contributed by atoms with Crippen LogP contribution in [0.1, 0.15) is 31.4 Å². The minimum Gasteiger partial charge on any atom is -0.377 e. The predicted octanol–water partition coefficient (Wildman–Crippen LogP) is 2.09. The number of aromatic nitrogens is 3. The summed E-state index contributed by atoms with van der Waals surface area (Å²) in [5, 5.41) is 19.5. The van der Waals surface area contributed by atoms with E-state index in [1.165, 1.54) is 10.7 Å². The van der Waals surface area contributed by atoms with Gasteiger partial charge in [0.05, 0.1) is 41.5 Å². The van der Waals surface area contributed by atoms with Crippen LogP contribution in [0.5, 0.6) is 0 Å². The summed E-state index contributed by atoms with van der Waals surface area (Å²) in [6, 6.07) is 10.7. The lowest BCUT2D eigenvalue weighted by Gasteiger charge is -2.23. The zero-order valence-electron chi connectivity index (χ0n) is 27.0. The van der Waals surface area contributed by atoms with Crippen LogP contribution in [0, 0.1) is 0 Å². The molecule has 1 aromatic heterocycles. The highest BCUT2D eigenvalue weighted by Gasteiger charge is 2.42. The average molecular weight is 719 g/mol. The van der Waals surface area contributed by atoms with Crippen molar-refractivity contribution in [2.24, 2.45) is 0 Å². The zero-order chi connectivity index (χ0) is 34.5. The molecule has 0 spiro atoms. The number of hydrogen-bond donors (Lipinski definition) is 3. The van der Waals surface area contributed by atoms with E-state index in [0.29, 0.717) is 35.8 Å². The number of amides is 3. The Morgan fingerprint density at radius 1 is 1.12 bits per heavy atom. The third-order valence-electron chi connectivity index (χ3n) is 8.51. The van der Waals surface area contributed by atoms with E-state index in [1.807, 2.05) is 42.9 Å². The number of carbonyl (C=O) groups excluding carboxylic acids is 2. The number of unbranched alkanes of at least 4 members (excludes halogenated alkanes) is 1. The molecule has 260 valence electrons. The van der Waals surface area contributed by atoms with Gasteiger partial charge in [0, 0.05) is 72.7 Å². The van der Waals surface area contributed by atoms with Gasteiger partial charge in [-0.05, 0) is 25.0 Å². The first-order valence-corrected chi connectivity index (χ1v) is 20.0. The van der Waals surface area contributed by atoms with Crippen LogP contribution in [0.25, 0.3) is 10.8 Å². The number of urea groups is 1. The van der Waals surface area contributed by atoms with Crippen molar-refractivity contribution in [2.75, 3.05) is 43.6 Å². The first-order valence-electron chi connectivity index (χ1n) is 15.8. The van der Waals surface area contributed by atoms with E-state index in [0.717, 1.165) is 45.8 Å². The third-order valence-corrected chi connectivity index (χ3v) is 13.2. The lowest BCUT2D eigenvalue weighted by Crippen LogP contribution is -2.36. The Balaban J connectivity index is 1.17. The van der Waals surface area contributed by atoms with Gasteiger partial charge in [0.2, 0.25) is 15.9 Å². The van der Waals surface area contributed by atoms with Gasteiger partial charge in [0.25, 0.3) is 0 Å². The predicted molar refractivity (Wildman–Crippen MR) is 187 cm³/mol. The van der Waals surface area contributed by atoms with Crippen LogP contribution in [0.15, 0.2) is 59.5 Å². The fraction of sp³-hybridized carbons (Fsp3) is 0.484. The summed E-state index contributed by atoms with van der Waals surface area (Å²) in [6.45, 7) is 3.46. The Labute approximate surface area is 285 Å².